The van der Waals surface area contributed by atoms with E-state index in [4.69, 9.17) is 4.74 Å². The molecule has 6 nitrogen and oxygen atoms in total. The molecule has 7 heteroatoms. The maximum absolute atomic E-state index is 5.81. The first-order valence-electron chi connectivity index (χ1n) is 11.7. The first kappa shape index (κ1) is 26.4. The molecule has 1 aromatic rings. The minimum Gasteiger partial charge on any atom is -0.373 e. The summed E-state index contributed by atoms with van der Waals surface area (Å²) in [5, 5.41) is 6.88. The molecule has 0 radical (unpaired) electrons. The molecule has 0 bridgehead atoms. The molecule has 0 aromatic heterocycles. The molecule has 0 amide bonds. The lowest BCUT2D eigenvalue weighted by Gasteiger charge is -2.35. The predicted molar refractivity (Wildman–Crippen MR) is 140 cm³/mol. The number of aliphatic imine (C=N–C) groups is 1. The number of guanidine groups is 1. The fourth-order valence-corrected chi connectivity index (χ4v) is 4.52. The van der Waals surface area contributed by atoms with Crippen LogP contribution in [0.2, 0.25) is 0 Å². The number of nitrogens with zero attached hydrogens (tertiary/aromatic N) is 3. The number of rotatable bonds is 8. The van der Waals surface area contributed by atoms with Crippen LogP contribution in [0.5, 0.6) is 0 Å². The summed E-state index contributed by atoms with van der Waals surface area (Å²) >= 11 is 0. The van der Waals surface area contributed by atoms with Crippen LogP contribution in [0.4, 0.5) is 0 Å². The Morgan fingerprint density at radius 3 is 2.26 bits per heavy atom. The van der Waals surface area contributed by atoms with E-state index >= 15 is 0 Å². The van der Waals surface area contributed by atoms with Crippen molar-refractivity contribution in [1.29, 1.82) is 0 Å². The van der Waals surface area contributed by atoms with Gasteiger partial charge < -0.3 is 15.4 Å². The van der Waals surface area contributed by atoms with E-state index < -0.39 is 0 Å². The Hall–Kier alpha value is -0.900. The Bertz CT molecular complexity index is 638. The SMILES string of the molecule is CN=C(NCCCN1CC(C)OC(C)C1)NCc1ccc(CN2CCCCC2)cc1.I. The molecule has 31 heavy (non-hydrogen) atoms. The normalized spacial score (nSPS) is 23.3. The van der Waals surface area contributed by atoms with Gasteiger partial charge in [0, 0.05) is 46.3 Å². The number of likely N-dealkylation sites (tertiary alicyclic amines) is 1. The lowest BCUT2D eigenvalue weighted by molar-refractivity contribution is -0.0679. The molecule has 2 unspecified atom stereocenters. The monoisotopic (exact) mass is 543 g/mol. The third-order valence-electron chi connectivity index (χ3n) is 6.00. The van der Waals surface area contributed by atoms with E-state index in [1.54, 1.807) is 0 Å². The maximum atomic E-state index is 5.81. The maximum Gasteiger partial charge on any atom is 0.191 e. The molecule has 2 N–H and O–H groups in total. The molecule has 0 aliphatic carbocycles. The molecule has 2 saturated heterocycles. The van der Waals surface area contributed by atoms with Crippen LogP contribution >= 0.6 is 24.0 Å². The summed E-state index contributed by atoms with van der Waals surface area (Å²) < 4.78 is 5.81. The molecule has 2 aliphatic rings. The van der Waals surface area contributed by atoms with Crippen LogP contribution in [0.3, 0.4) is 0 Å². The van der Waals surface area contributed by atoms with Crippen molar-refractivity contribution in [2.75, 3.05) is 46.3 Å². The van der Waals surface area contributed by atoms with Crippen LogP contribution in [0.25, 0.3) is 0 Å². The van der Waals surface area contributed by atoms with Crippen molar-refractivity contribution in [3.63, 3.8) is 0 Å². The molecule has 0 spiro atoms. The zero-order valence-corrected chi connectivity index (χ0v) is 21.9. The Morgan fingerprint density at radius 2 is 1.61 bits per heavy atom. The number of morpholine rings is 1. The molecular weight excluding hydrogens is 501 g/mol. The largest absolute Gasteiger partial charge is 0.373 e. The van der Waals surface area contributed by atoms with Crippen molar-refractivity contribution in [2.45, 2.75) is 64.8 Å². The number of ether oxygens (including phenoxy) is 1. The van der Waals surface area contributed by atoms with Gasteiger partial charge in [0.25, 0.3) is 0 Å². The lowest BCUT2D eigenvalue weighted by atomic mass is 10.1. The van der Waals surface area contributed by atoms with Gasteiger partial charge in [0.2, 0.25) is 0 Å². The second kappa shape index (κ2) is 14.3. The summed E-state index contributed by atoms with van der Waals surface area (Å²) in [4.78, 5) is 9.43. The van der Waals surface area contributed by atoms with Gasteiger partial charge >= 0.3 is 0 Å². The molecular formula is C24H42IN5O. The number of piperidine rings is 1. The lowest BCUT2D eigenvalue weighted by Crippen LogP contribution is -2.46. The summed E-state index contributed by atoms with van der Waals surface area (Å²) in [6, 6.07) is 9.01. The van der Waals surface area contributed by atoms with Gasteiger partial charge in [-0.1, -0.05) is 30.7 Å². The quantitative estimate of drug-likeness (QED) is 0.228. The fourth-order valence-electron chi connectivity index (χ4n) is 4.52. The van der Waals surface area contributed by atoms with Crippen molar-refractivity contribution in [3.8, 4) is 0 Å². The van der Waals surface area contributed by atoms with E-state index in [0.29, 0.717) is 12.2 Å². The number of hydrogen-bond acceptors (Lipinski definition) is 4. The second-order valence-electron chi connectivity index (χ2n) is 8.88. The van der Waals surface area contributed by atoms with Crippen LogP contribution in [-0.2, 0) is 17.8 Å². The van der Waals surface area contributed by atoms with Crippen molar-refractivity contribution < 1.29 is 4.74 Å². The van der Waals surface area contributed by atoms with Crippen LogP contribution in [0.1, 0.15) is 50.7 Å². The molecule has 2 atom stereocenters. The van der Waals surface area contributed by atoms with E-state index in [9.17, 15) is 0 Å². The molecule has 2 fully saturated rings. The van der Waals surface area contributed by atoms with Crippen molar-refractivity contribution in [2.24, 2.45) is 4.99 Å². The number of hydrogen-bond donors (Lipinski definition) is 2. The number of halogens is 1. The van der Waals surface area contributed by atoms with Crippen LogP contribution in [0.15, 0.2) is 29.3 Å². The molecule has 3 rings (SSSR count). The van der Waals surface area contributed by atoms with Gasteiger partial charge in [0.05, 0.1) is 12.2 Å². The minimum absolute atomic E-state index is 0. The van der Waals surface area contributed by atoms with E-state index in [1.807, 2.05) is 7.05 Å². The topological polar surface area (TPSA) is 52.1 Å². The Morgan fingerprint density at radius 1 is 0.968 bits per heavy atom. The zero-order chi connectivity index (χ0) is 21.2. The Kier molecular flexibility index (Phi) is 12.1. The third kappa shape index (κ3) is 9.63. The first-order valence-corrected chi connectivity index (χ1v) is 11.7. The van der Waals surface area contributed by atoms with E-state index in [2.05, 4.69) is 63.5 Å². The van der Waals surface area contributed by atoms with Gasteiger partial charge in [-0.2, -0.15) is 0 Å². The van der Waals surface area contributed by atoms with Gasteiger partial charge in [-0.05, 0) is 57.3 Å². The molecule has 176 valence electrons. The highest BCUT2D eigenvalue weighted by Gasteiger charge is 2.21. The van der Waals surface area contributed by atoms with Crippen LogP contribution in [0, 0.1) is 0 Å². The Labute approximate surface area is 206 Å². The number of benzene rings is 1. The number of nitrogens with one attached hydrogen (secondary N) is 2. The van der Waals surface area contributed by atoms with E-state index in [0.717, 1.165) is 51.6 Å². The average molecular weight is 544 g/mol. The summed E-state index contributed by atoms with van der Waals surface area (Å²) in [5.41, 5.74) is 2.70. The van der Waals surface area contributed by atoms with Gasteiger partial charge in [0.1, 0.15) is 0 Å². The minimum atomic E-state index is 0. The summed E-state index contributed by atoms with van der Waals surface area (Å²) in [6.07, 6.45) is 5.86. The summed E-state index contributed by atoms with van der Waals surface area (Å²) in [5.74, 6) is 0.871. The average Bonchev–Trinajstić information content (AvgIpc) is 2.74. The van der Waals surface area contributed by atoms with Crippen molar-refractivity contribution in [3.05, 3.63) is 35.4 Å². The van der Waals surface area contributed by atoms with Gasteiger partial charge in [-0.25, -0.2) is 0 Å². The molecule has 2 aliphatic heterocycles. The summed E-state index contributed by atoms with van der Waals surface area (Å²) in [6.45, 7) is 12.8. The Balaban J connectivity index is 0.00000341. The van der Waals surface area contributed by atoms with Crippen LogP contribution < -0.4 is 10.6 Å². The predicted octanol–water partition coefficient (Wildman–Crippen LogP) is 3.45. The smallest absolute Gasteiger partial charge is 0.191 e. The fraction of sp³-hybridized carbons (Fsp3) is 0.708. The third-order valence-corrected chi connectivity index (χ3v) is 6.00. The summed E-state index contributed by atoms with van der Waals surface area (Å²) in [7, 11) is 1.84. The highest BCUT2D eigenvalue weighted by molar-refractivity contribution is 14.0. The highest BCUT2D eigenvalue weighted by atomic mass is 127. The van der Waals surface area contributed by atoms with Crippen molar-refractivity contribution in [1.82, 2.24) is 20.4 Å². The first-order chi connectivity index (χ1) is 14.6. The van der Waals surface area contributed by atoms with Crippen molar-refractivity contribution >= 4 is 29.9 Å². The zero-order valence-electron chi connectivity index (χ0n) is 19.6. The van der Waals surface area contributed by atoms with Crippen LogP contribution in [-0.4, -0.2) is 74.3 Å². The standard InChI is InChI=1S/C24H41N5O.HI/c1-20-17-29(18-21(2)30-20)15-7-12-26-24(25-3)27-16-22-8-10-23(11-9-22)19-28-13-5-4-6-14-28;/h8-11,20-21H,4-7,12-19H2,1-3H3,(H2,25,26,27);1H. The highest BCUT2D eigenvalue weighted by Crippen LogP contribution is 2.14. The van der Waals surface area contributed by atoms with Gasteiger partial charge in [0.15, 0.2) is 5.96 Å². The van der Waals surface area contributed by atoms with E-state index in [-0.39, 0.29) is 24.0 Å². The second-order valence-corrected chi connectivity index (χ2v) is 8.88. The molecule has 2 heterocycles. The molecule has 1 aromatic carbocycles. The van der Waals surface area contributed by atoms with Gasteiger partial charge in [-0.15, -0.1) is 24.0 Å². The van der Waals surface area contributed by atoms with Gasteiger partial charge in [-0.3, -0.25) is 14.8 Å². The molecule has 0 saturated carbocycles. The van der Waals surface area contributed by atoms with E-state index in [1.165, 1.54) is 43.5 Å².